The van der Waals surface area contributed by atoms with Gasteiger partial charge in [0.15, 0.2) is 17.3 Å². The van der Waals surface area contributed by atoms with Gasteiger partial charge in [0, 0.05) is 46.1 Å². The summed E-state index contributed by atoms with van der Waals surface area (Å²) in [6.45, 7) is 6.31. The first-order valence-corrected chi connectivity index (χ1v) is 12.7. The molecule has 2 aliphatic heterocycles. The summed E-state index contributed by atoms with van der Waals surface area (Å²) in [5.41, 5.74) is 4.65. The van der Waals surface area contributed by atoms with Crippen LogP contribution in [0.15, 0.2) is 65.0 Å². The highest BCUT2D eigenvalue weighted by Crippen LogP contribution is 2.44. The highest BCUT2D eigenvalue weighted by molar-refractivity contribution is 6.31. The quantitative estimate of drug-likeness (QED) is 0.393. The summed E-state index contributed by atoms with van der Waals surface area (Å²) in [6, 6.07) is 13.7. The van der Waals surface area contributed by atoms with E-state index in [1.165, 1.54) is 0 Å². The largest absolute Gasteiger partial charge is 0.462 e. The molecule has 0 saturated heterocycles. The van der Waals surface area contributed by atoms with Crippen molar-refractivity contribution < 1.29 is 29.5 Å². The predicted molar refractivity (Wildman–Crippen MR) is 152 cm³/mol. The van der Waals surface area contributed by atoms with Gasteiger partial charge in [-0.2, -0.15) is 0 Å². The molecule has 204 valence electrons. The lowest BCUT2D eigenvalue weighted by Crippen LogP contribution is -2.38. The Balaban J connectivity index is 0.00000320. The van der Waals surface area contributed by atoms with Crippen LogP contribution in [0, 0.1) is 11.8 Å². The van der Waals surface area contributed by atoms with E-state index >= 15 is 0 Å². The van der Waals surface area contributed by atoms with Crippen molar-refractivity contribution in [3.05, 3.63) is 81.2 Å². The molecule has 0 saturated carbocycles. The van der Waals surface area contributed by atoms with Crippen LogP contribution in [0.4, 0.5) is 0 Å². The molecule has 0 amide bonds. The lowest BCUT2D eigenvalue weighted by molar-refractivity contribution is -0.140. The molecule has 2 atom stereocenters. The maximum absolute atomic E-state index is 13.7. The first-order chi connectivity index (χ1) is 17.3. The van der Waals surface area contributed by atoms with Crippen LogP contribution in [0.3, 0.4) is 0 Å². The Morgan fingerprint density at radius 1 is 1.16 bits per heavy atom. The first-order valence-electron chi connectivity index (χ1n) is 12.4. The van der Waals surface area contributed by atoms with Crippen LogP contribution in [-0.4, -0.2) is 25.2 Å². The van der Waals surface area contributed by atoms with Gasteiger partial charge in [-0.1, -0.05) is 63.2 Å². The van der Waals surface area contributed by atoms with Crippen molar-refractivity contribution >= 4 is 23.4 Å². The van der Waals surface area contributed by atoms with E-state index < -0.39 is 11.9 Å². The van der Waals surface area contributed by atoms with Crippen molar-refractivity contribution in [2.75, 3.05) is 13.4 Å². The summed E-state index contributed by atoms with van der Waals surface area (Å²) < 4.78 is 16.6. The van der Waals surface area contributed by atoms with Gasteiger partial charge in [-0.15, -0.1) is 0 Å². The number of benzene rings is 2. The van der Waals surface area contributed by atoms with Gasteiger partial charge in [-0.05, 0) is 48.8 Å². The van der Waals surface area contributed by atoms with Gasteiger partial charge in [0.05, 0.1) is 12.2 Å². The van der Waals surface area contributed by atoms with Crippen molar-refractivity contribution in [1.82, 2.24) is 5.32 Å². The molecule has 2 heterocycles. The Bertz CT molecular complexity index is 1280. The summed E-state index contributed by atoms with van der Waals surface area (Å²) in [6.07, 6.45) is 1.46. The summed E-state index contributed by atoms with van der Waals surface area (Å²) in [7, 11) is 0. The van der Waals surface area contributed by atoms with E-state index in [9.17, 15) is 9.59 Å². The van der Waals surface area contributed by atoms with Gasteiger partial charge in [-0.3, -0.25) is 4.79 Å². The predicted octanol–water partition coefficient (Wildman–Crippen LogP) is 7.32. The number of halogens is 1. The molecule has 3 aliphatic rings. The number of nitrogens with one attached hydrogen (secondary N) is 1. The fraction of sp³-hybridized carbons (Fsp3) is 0.400. The van der Waals surface area contributed by atoms with Crippen LogP contribution in [0.1, 0.15) is 63.8 Å². The van der Waals surface area contributed by atoms with Gasteiger partial charge in [0.25, 0.3) is 0 Å². The molecule has 0 radical (unpaired) electrons. The van der Waals surface area contributed by atoms with Crippen LogP contribution in [0.5, 0.6) is 11.5 Å². The normalized spacial score (nSPS) is 20.4. The zero-order valence-electron chi connectivity index (χ0n) is 20.7. The second-order valence-electron chi connectivity index (χ2n) is 10.0. The van der Waals surface area contributed by atoms with Crippen LogP contribution in [0.2, 0.25) is 5.02 Å². The number of carbonyl (C=O) groups is 2. The van der Waals surface area contributed by atoms with E-state index in [2.05, 4.69) is 17.4 Å². The molecular weight excluding hydrogens is 490 g/mol. The van der Waals surface area contributed by atoms with Crippen molar-refractivity contribution in [2.24, 2.45) is 11.8 Å². The number of esters is 1. The minimum absolute atomic E-state index is 0. The van der Waals surface area contributed by atoms with E-state index in [-0.39, 0.29) is 37.5 Å². The minimum atomic E-state index is -0.469. The standard InChI is InChI=1S/C29H30ClNO5.CH4.4H2/c1-16(2)14-34-29(33)27-17(3)31-23-10-19(18-7-5-4-6-8-18)11-24(32)28(23)21(27)9-20-12-25-26(13-22(20)30)36-15-35-25;;;;;/h4-8,12-13,16,19,21,31H,9-11,14-15H2,1-3H3;1H4;4*1H. The Kier molecular flexibility index (Phi) is 7.98. The SMILES string of the molecule is C.CC1=C(C(=O)OCC(C)C)C(Cc2cc3c(cc2Cl)OCO3)C2=C(CC(c3ccccc3)CC2=O)N1.[HH].[HH].[HH].[HH]. The van der Waals surface area contributed by atoms with Gasteiger partial charge in [0.2, 0.25) is 6.79 Å². The Morgan fingerprint density at radius 2 is 1.86 bits per heavy atom. The number of allylic oxidation sites excluding steroid dienone is 3. The summed E-state index contributed by atoms with van der Waals surface area (Å²) >= 11 is 6.62. The molecule has 2 unspecified atom stereocenters. The highest BCUT2D eigenvalue weighted by Gasteiger charge is 2.41. The number of rotatable bonds is 6. The Hall–Kier alpha value is -3.25. The fourth-order valence-electron chi connectivity index (χ4n) is 5.27. The molecule has 5 rings (SSSR count). The van der Waals surface area contributed by atoms with E-state index in [0.29, 0.717) is 59.2 Å². The van der Waals surface area contributed by atoms with Crippen LogP contribution in [-0.2, 0) is 20.7 Å². The number of ether oxygens (including phenoxy) is 3. The maximum Gasteiger partial charge on any atom is 0.336 e. The van der Waals surface area contributed by atoms with Gasteiger partial charge < -0.3 is 19.5 Å². The van der Waals surface area contributed by atoms with Gasteiger partial charge in [-0.25, -0.2) is 4.79 Å². The third kappa shape index (κ3) is 5.40. The average molecular weight is 532 g/mol. The molecule has 6 nitrogen and oxygen atoms in total. The number of dihydropyridines is 1. The van der Waals surface area contributed by atoms with Crippen LogP contribution in [0.25, 0.3) is 0 Å². The Morgan fingerprint density at radius 3 is 2.57 bits per heavy atom. The van der Waals surface area contributed by atoms with E-state index in [4.69, 9.17) is 25.8 Å². The molecule has 1 aliphatic carbocycles. The molecule has 0 spiro atoms. The first kappa shape index (κ1) is 26.8. The zero-order chi connectivity index (χ0) is 25.4. The minimum Gasteiger partial charge on any atom is -0.462 e. The smallest absolute Gasteiger partial charge is 0.336 e. The Labute approximate surface area is 229 Å². The molecule has 0 bridgehead atoms. The van der Waals surface area contributed by atoms with Crippen LogP contribution < -0.4 is 14.8 Å². The molecular formula is C30H42ClNO5. The lowest BCUT2D eigenvalue weighted by Gasteiger charge is -2.36. The number of hydrogen-bond donors (Lipinski definition) is 1. The monoisotopic (exact) mass is 531 g/mol. The van der Waals surface area contributed by atoms with Crippen molar-refractivity contribution in [1.29, 1.82) is 0 Å². The van der Waals surface area contributed by atoms with Crippen molar-refractivity contribution in [3.63, 3.8) is 0 Å². The molecule has 37 heavy (non-hydrogen) atoms. The maximum atomic E-state index is 13.7. The van der Waals surface area contributed by atoms with E-state index in [1.54, 1.807) is 6.07 Å². The molecule has 0 aromatic heterocycles. The zero-order valence-corrected chi connectivity index (χ0v) is 21.5. The third-order valence-electron chi connectivity index (χ3n) is 6.95. The topological polar surface area (TPSA) is 73.9 Å². The average Bonchev–Trinajstić information content (AvgIpc) is 3.30. The van der Waals surface area contributed by atoms with Gasteiger partial charge >= 0.3 is 5.97 Å². The van der Waals surface area contributed by atoms with E-state index in [1.807, 2.05) is 45.0 Å². The number of fused-ring (bicyclic) bond motifs is 1. The molecule has 2 aromatic rings. The second-order valence-corrected chi connectivity index (χ2v) is 10.4. The van der Waals surface area contributed by atoms with Crippen LogP contribution >= 0.6 is 11.6 Å². The third-order valence-corrected chi connectivity index (χ3v) is 7.30. The molecule has 2 aromatic carbocycles. The number of carbonyl (C=O) groups excluding carboxylic acids is 2. The molecule has 1 N–H and O–H groups in total. The number of ketones is 1. The number of Topliss-reactive ketones (excluding diaryl/α,β-unsaturated/α-hetero) is 1. The fourth-order valence-corrected chi connectivity index (χ4v) is 5.50. The molecule has 0 fully saturated rings. The summed E-state index contributed by atoms with van der Waals surface area (Å²) in [5.74, 6) is 0.662. The summed E-state index contributed by atoms with van der Waals surface area (Å²) in [4.78, 5) is 27.0. The lowest BCUT2D eigenvalue weighted by atomic mass is 9.72. The number of hydrogen-bond acceptors (Lipinski definition) is 6. The molecule has 7 heteroatoms. The summed E-state index contributed by atoms with van der Waals surface area (Å²) in [5, 5.41) is 3.91. The highest BCUT2D eigenvalue weighted by atomic mass is 35.5. The second kappa shape index (κ2) is 11.0. The van der Waals surface area contributed by atoms with Crippen molar-refractivity contribution in [2.45, 2.75) is 53.4 Å². The van der Waals surface area contributed by atoms with Gasteiger partial charge in [0.1, 0.15) is 0 Å². The van der Waals surface area contributed by atoms with E-state index in [0.717, 1.165) is 16.8 Å². The van der Waals surface area contributed by atoms with Crippen molar-refractivity contribution in [3.8, 4) is 11.5 Å².